The first kappa shape index (κ1) is 15.5. The van der Waals surface area contributed by atoms with Gasteiger partial charge in [0.15, 0.2) is 6.73 Å². The van der Waals surface area contributed by atoms with Gasteiger partial charge in [0.05, 0.1) is 11.6 Å². The van der Waals surface area contributed by atoms with Crippen LogP contribution in [0.4, 0.5) is 0 Å². The molecule has 0 aromatic heterocycles. The van der Waals surface area contributed by atoms with Crippen LogP contribution in [-0.2, 0) is 24.3 Å². The van der Waals surface area contributed by atoms with Crippen molar-refractivity contribution in [3.8, 4) is 0 Å². The average Bonchev–Trinajstić information content (AvgIpc) is 2.98. The molecule has 0 saturated carbocycles. The average molecular weight is 337 g/mol. The van der Waals surface area contributed by atoms with E-state index in [1.54, 1.807) is 12.1 Å². The zero-order valence-corrected chi connectivity index (χ0v) is 13.4. The number of hydrogen-bond donors (Lipinski definition) is 0. The van der Waals surface area contributed by atoms with Gasteiger partial charge in [0.1, 0.15) is 17.3 Å². The lowest BCUT2D eigenvalue weighted by Gasteiger charge is -2.16. The molecule has 23 heavy (non-hydrogen) atoms. The number of fused-ring (bicyclic) bond motifs is 1. The van der Waals surface area contributed by atoms with E-state index in [2.05, 4.69) is 4.74 Å². The quantitative estimate of drug-likeness (QED) is 0.771. The highest BCUT2D eigenvalue weighted by molar-refractivity contribution is 7.90. The smallest absolute Gasteiger partial charge is 0.334 e. The van der Waals surface area contributed by atoms with E-state index in [4.69, 9.17) is 4.74 Å². The molecular weight excluding hydrogens is 322 g/mol. The second-order valence-electron chi connectivity index (χ2n) is 5.53. The van der Waals surface area contributed by atoms with E-state index >= 15 is 0 Å². The summed E-state index contributed by atoms with van der Waals surface area (Å²) in [6, 6.07) is 4.78. The Hall–Kier alpha value is -2.35. The third-order valence-electron chi connectivity index (χ3n) is 3.69. The molecule has 0 saturated heterocycles. The van der Waals surface area contributed by atoms with Crippen LogP contribution in [0, 0.1) is 0 Å². The summed E-state index contributed by atoms with van der Waals surface area (Å²) < 4.78 is 35.7. The van der Waals surface area contributed by atoms with E-state index in [-0.39, 0.29) is 28.7 Å². The van der Waals surface area contributed by atoms with Crippen molar-refractivity contribution in [2.45, 2.75) is 24.7 Å². The van der Waals surface area contributed by atoms with E-state index in [1.807, 2.05) is 13.8 Å². The normalized spacial score (nSPS) is 18.9. The molecule has 3 rings (SSSR count). The topological polar surface area (TPSA) is 90.0 Å². The molecule has 0 radical (unpaired) electrons. The predicted octanol–water partition coefficient (Wildman–Crippen LogP) is 1.37. The van der Waals surface area contributed by atoms with Crippen molar-refractivity contribution in [2.75, 3.05) is 13.3 Å². The third-order valence-corrected chi connectivity index (χ3v) is 5.44. The Balaban J connectivity index is 1.92. The standard InChI is InChI=1S/C15H15NO6S/c1-9(2)11-4-3-5-12-14(11)15(18)16(23(12,19)20)8-22-10-6-13(17)21-7-10/h3-6,9H,7-8H2,1-2H3. The summed E-state index contributed by atoms with van der Waals surface area (Å²) in [5.41, 5.74) is 0.871. The summed E-state index contributed by atoms with van der Waals surface area (Å²) in [7, 11) is -3.95. The van der Waals surface area contributed by atoms with Gasteiger partial charge in [0.2, 0.25) is 0 Å². The molecule has 7 nitrogen and oxygen atoms in total. The lowest BCUT2D eigenvalue weighted by atomic mass is 9.97. The largest absolute Gasteiger partial charge is 0.472 e. The van der Waals surface area contributed by atoms with Crippen molar-refractivity contribution in [3.63, 3.8) is 0 Å². The van der Waals surface area contributed by atoms with Crippen molar-refractivity contribution in [1.82, 2.24) is 4.31 Å². The number of sulfonamides is 1. The third kappa shape index (κ3) is 2.48. The predicted molar refractivity (Wildman–Crippen MR) is 78.9 cm³/mol. The first-order valence-corrected chi connectivity index (χ1v) is 8.46. The Morgan fingerprint density at radius 1 is 1.30 bits per heavy atom. The van der Waals surface area contributed by atoms with Gasteiger partial charge >= 0.3 is 5.97 Å². The fourth-order valence-corrected chi connectivity index (χ4v) is 3.99. The highest BCUT2D eigenvalue weighted by atomic mass is 32.2. The van der Waals surface area contributed by atoms with Crippen LogP contribution in [0.1, 0.15) is 35.7 Å². The number of amides is 1. The first-order chi connectivity index (χ1) is 10.8. The van der Waals surface area contributed by atoms with Crippen LogP contribution < -0.4 is 0 Å². The van der Waals surface area contributed by atoms with Gasteiger partial charge in [-0.3, -0.25) is 4.79 Å². The summed E-state index contributed by atoms with van der Waals surface area (Å²) >= 11 is 0. The van der Waals surface area contributed by atoms with Crippen LogP contribution in [0.5, 0.6) is 0 Å². The molecule has 1 aromatic rings. The monoisotopic (exact) mass is 337 g/mol. The molecule has 1 aromatic carbocycles. The molecule has 2 aliphatic rings. The number of rotatable bonds is 4. The van der Waals surface area contributed by atoms with Gasteiger partial charge in [-0.1, -0.05) is 26.0 Å². The van der Waals surface area contributed by atoms with Gasteiger partial charge < -0.3 is 9.47 Å². The Labute approximate surface area is 133 Å². The van der Waals surface area contributed by atoms with Crippen LogP contribution in [0.25, 0.3) is 0 Å². The SMILES string of the molecule is CC(C)c1cccc2c1C(=O)N(COC1=CC(=O)OC1)S2(=O)=O. The molecule has 0 spiro atoms. The zero-order chi connectivity index (χ0) is 16.8. The molecule has 0 unspecified atom stereocenters. The number of cyclic esters (lactones) is 1. The lowest BCUT2D eigenvalue weighted by molar-refractivity contribution is -0.135. The minimum absolute atomic E-state index is 0.00790. The molecule has 0 bridgehead atoms. The maximum Gasteiger partial charge on any atom is 0.334 e. The van der Waals surface area contributed by atoms with Crippen molar-refractivity contribution in [2.24, 2.45) is 0 Å². The van der Waals surface area contributed by atoms with E-state index in [0.717, 1.165) is 6.08 Å². The number of benzene rings is 1. The maximum absolute atomic E-state index is 12.6. The molecule has 2 heterocycles. The number of esters is 1. The zero-order valence-electron chi connectivity index (χ0n) is 12.6. The number of hydrogen-bond acceptors (Lipinski definition) is 6. The van der Waals surface area contributed by atoms with Gasteiger partial charge in [-0.25, -0.2) is 13.2 Å². The lowest BCUT2D eigenvalue weighted by Crippen LogP contribution is -2.32. The van der Waals surface area contributed by atoms with Gasteiger partial charge in [-0.05, 0) is 17.5 Å². The summed E-state index contributed by atoms with van der Waals surface area (Å²) in [6.07, 6.45) is 1.12. The highest BCUT2D eigenvalue weighted by Crippen LogP contribution is 2.35. The van der Waals surface area contributed by atoms with Gasteiger partial charge in [-0.15, -0.1) is 0 Å². The van der Waals surface area contributed by atoms with Crippen LogP contribution in [0.3, 0.4) is 0 Å². The van der Waals surface area contributed by atoms with Crippen LogP contribution in [0.15, 0.2) is 34.9 Å². The van der Waals surface area contributed by atoms with Gasteiger partial charge in [-0.2, -0.15) is 4.31 Å². The molecule has 2 aliphatic heterocycles. The van der Waals surface area contributed by atoms with Gasteiger partial charge in [0, 0.05) is 0 Å². The fourth-order valence-electron chi connectivity index (χ4n) is 2.54. The molecule has 1 amide bonds. The van der Waals surface area contributed by atoms with E-state index in [9.17, 15) is 18.0 Å². The Kier molecular flexibility index (Phi) is 3.63. The second-order valence-corrected chi connectivity index (χ2v) is 7.36. The Morgan fingerprint density at radius 2 is 2.04 bits per heavy atom. The Morgan fingerprint density at radius 3 is 2.65 bits per heavy atom. The fraction of sp³-hybridized carbons (Fsp3) is 0.333. The van der Waals surface area contributed by atoms with Crippen molar-refractivity contribution >= 4 is 21.9 Å². The molecular formula is C15H15NO6S. The number of carbonyl (C=O) groups is 2. The van der Waals surface area contributed by atoms with Crippen LogP contribution >= 0.6 is 0 Å². The minimum atomic E-state index is -3.95. The van der Waals surface area contributed by atoms with Crippen LogP contribution in [-0.4, -0.2) is 37.9 Å². The van der Waals surface area contributed by atoms with Crippen molar-refractivity contribution < 1.29 is 27.5 Å². The minimum Gasteiger partial charge on any atom is -0.472 e. The summed E-state index contributed by atoms with van der Waals surface area (Å²) in [5, 5.41) is 0. The molecule has 8 heteroatoms. The summed E-state index contributed by atoms with van der Waals surface area (Å²) in [5.74, 6) is -0.970. The van der Waals surface area contributed by atoms with Gasteiger partial charge in [0.25, 0.3) is 15.9 Å². The number of ether oxygens (including phenoxy) is 2. The van der Waals surface area contributed by atoms with E-state index in [0.29, 0.717) is 9.87 Å². The molecule has 122 valence electrons. The summed E-state index contributed by atoms with van der Waals surface area (Å²) in [4.78, 5) is 23.5. The number of carbonyl (C=O) groups excluding carboxylic acids is 2. The molecule has 0 N–H and O–H groups in total. The Bertz CT molecular complexity index is 824. The second kappa shape index (κ2) is 5.38. The summed E-state index contributed by atoms with van der Waals surface area (Å²) in [6.45, 7) is 3.23. The van der Waals surface area contributed by atoms with Crippen molar-refractivity contribution in [1.29, 1.82) is 0 Å². The highest BCUT2D eigenvalue weighted by Gasteiger charge is 2.43. The maximum atomic E-state index is 12.6. The number of nitrogens with zero attached hydrogens (tertiary/aromatic N) is 1. The first-order valence-electron chi connectivity index (χ1n) is 7.02. The molecule has 0 fully saturated rings. The molecule has 0 atom stereocenters. The van der Waals surface area contributed by atoms with E-state index in [1.165, 1.54) is 6.07 Å². The van der Waals surface area contributed by atoms with E-state index < -0.39 is 28.6 Å². The van der Waals surface area contributed by atoms with Crippen molar-refractivity contribution in [3.05, 3.63) is 41.2 Å². The van der Waals surface area contributed by atoms with Crippen LogP contribution in [0.2, 0.25) is 0 Å². The molecule has 0 aliphatic carbocycles.